The molecule has 17 heavy (non-hydrogen) atoms. The van der Waals surface area contributed by atoms with Crippen LogP contribution >= 0.6 is 0 Å². The SMILES string of the molecule is NC1CCC(OCc2nc(C3CC3)no2)CC1. The summed E-state index contributed by atoms with van der Waals surface area (Å²) in [6.07, 6.45) is 6.91. The lowest BCUT2D eigenvalue weighted by atomic mass is 9.94. The Morgan fingerprint density at radius 3 is 2.65 bits per heavy atom. The lowest BCUT2D eigenvalue weighted by molar-refractivity contribution is 0.00192. The Bertz CT molecular complexity index is 368. The second-order valence-electron chi connectivity index (χ2n) is 5.17. The molecule has 0 atom stereocenters. The summed E-state index contributed by atoms with van der Waals surface area (Å²) in [7, 11) is 0. The Labute approximate surface area is 101 Å². The molecule has 1 heterocycles. The molecule has 0 radical (unpaired) electrons. The van der Waals surface area contributed by atoms with Crippen LogP contribution in [-0.2, 0) is 11.3 Å². The highest BCUT2D eigenvalue weighted by molar-refractivity contribution is 5.02. The standard InChI is InChI=1S/C12H19N3O2/c13-9-3-5-10(6-4-9)16-7-11-14-12(15-17-11)8-1-2-8/h8-10H,1-7,13H2. The first-order valence-electron chi connectivity index (χ1n) is 6.51. The van der Waals surface area contributed by atoms with Crippen molar-refractivity contribution in [2.45, 2.75) is 63.2 Å². The number of ether oxygens (including phenoxy) is 1. The van der Waals surface area contributed by atoms with Crippen LogP contribution in [0, 0.1) is 0 Å². The number of hydrogen-bond donors (Lipinski definition) is 1. The molecule has 2 fully saturated rings. The van der Waals surface area contributed by atoms with Gasteiger partial charge in [0.25, 0.3) is 5.89 Å². The minimum atomic E-state index is 0.311. The van der Waals surface area contributed by atoms with E-state index in [0.717, 1.165) is 31.5 Å². The first kappa shape index (κ1) is 11.2. The van der Waals surface area contributed by atoms with Gasteiger partial charge in [-0.2, -0.15) is 4.98 Å². The normalized spacial score (nSPS) is 29.5. The van der Waals surface area contributed by atoms with E-state index in [1.807, 2.05) is 0 Å². The van der Waals surface area contributed by atoms with Crippen LogP contribution in [0.4, 0.5) is 0 Å². The quantitative estimate of drug-likeness (QED) is 0.863. The van der Waals surface area contributed by atoms with Crippen molar-refractivity contribution < 1.29 is 9.26 Å². The van der Waals surface area contributed by atoms with Crippen molar-refractivity contribution in [2.75, 3.05) is 0 Å². The fourth-order valence-corrected chi connectivity index (χ4v) is 2.28. The lowest BCUT2D eigenvalue weighted by Gasteiger charge is -2.25. The predicted molar refractivity (Wildman–Crippen MR) is 61.3 cm³/mol. The monoisotopic (exact) mass is 237 g/mol. The van der Waals surface area contributed by atoms with Crippen LogP contribution in [0.1, 0.15) is 56.2 Å². The topological polar surface area (TPSA) is 74.2 Å². The maximum absolute atomic E-state index is 5.85. The summed E-state index contributed by atoms with van der Waals surface area (Å²) in [6, 6.07) is 0.361. The fraction of sp³-hybridized carbons (Fsp3) is 0.833. The van der Waals surface area contributed by atoms with Gasteiger partial charge in [-0.25, -0.2) is 0 Å². The van der Waals surface area contributed by atoms with E-state index in [0.29, 0.717) is 30.6 Å². The van der Waals surface area contributed by atoms with E-state index in [4.69, 9.17) is 15.0 Å². The van der Waals surface area contributed by atoms with Gasteiger partial charge >= 0.3 is 0 Å². The first-order valence-corrected chi connectivity index (χ1v) is 6.51. The lowest BCUT2D eigenvalue weighted by Crippen LogP contribution is -2.30. The third-order valence-corrected chi connectivity index (χ3v) is 3.59. The average molecular weight is 237 g/mol. The van der Waals surface area contributed by atoms with Crippen molar-refractivity contribution in [3.05, 3.63) is 11.7 Å². The van der Waals surface area contributed by atoms with Gasteiger partial charge in [-0.05, 0) is 38.5 Å². The van der Waals surface area contributed by atoms with Gasteiger partial charge in [-0.15, -0.1) is 0 Å². The van der Waals surface area contributed by atoms with Crippen LogP contribution in [-0.4, -0.2) is 22.3 Å². The van der Waals surface area contributed by atoms with Gasteiger partial charge in [-0.3, -0.25) is 0 Å². The summed E-state index contributed by atoms with van der Waals surface area (Å²) >= 11 is 0. The van der Waals surface area contributed by atoms with Crippen molar-refractivity contribution >= 4 is 0 Å². The average Bonchev–Trinajstić information content (AvgIpc) is 3.09. The van der Waals surface area contributed by atoms with Gasteiger partial charge in [0.2, 0.25) is 0 Å². The highest BCUT2D eigenvalue weighted by atomic mass is 16.5. The summed E-state index contributed by atoms with van der Waals surface area (Å²) in [4.78, 5) is 4.34. The Hall–Kier alpha value is -0.940. The molecule has 2 aliphatic rings. The molecule has 0 saturated heterocycles. The van der Waals surface area contributed by atoms with E-state index < -0.39 is 0 Å². The molecule has 0 aromatic carbocycles. The van der Waals surface area contributed by atoms with Gasteiger partial charge in [-0.1, -0.05) is 5.16 Å². The molecule has 94 valence electrons. The molecule has 1 aromatic heterocycles. The van der Waals surface area contributed by atoms with Gasteiger partial charge in [0.05, 0.1) is 6.10 Å². The molecule has 2 aliphatic carbocycles. The molecule has 1 aromatic rings. The molecular formula is C12H19N3O2. The number of nitrogens with zero attached hydrogens (tertiary/aromatic N) is 2. The van der Waals surface area contributed by atoms with Crippen LogP contribution in [0.2, 0.25) is 0 Å². The summed E-state index contributed by atoms with van der Waals surface area (Å²) in [5, 5.41) is 3.97. The number of nitrogens with two attached hydrogens (primary N) is 1. The molecule has 0 bridgehead atoms. The zero-order valence-electron chi connectivity index (χ0n) is 9.97. The molecule has 0 unspecified atom stereocenters. The number of rotatable bonds is 4. The third kappa shape index (κ3) is 2.84. The van der Waals surface area contributed by atoms with E-state index in [2.05, 4.69) is 10.1 Å². The summed E-state index contributed by atoms with van der Waals surface area (Å²) in [6.45, 7) is 0.444. The summed E-state index contributed by atoms with van der Waals surface area (Å²) in [5.74, 6) is 2.01. The molecule has 0 aliphatic heterocycles. The van der Waals surface area contributed by atoms with Gasteiger partial charge in [0, 0.05) is 12.0 Å². The predicted octanol–water partition coefficient (Wildman–Crippen LogP) is 1.73. The zero-order chi connectivity index (χ0) is 11.7. The van der Waals surface area contributed by atoms with E-state index in [1.165, 1.54) is 12.8 Å². The molecule has 0 spiro atoms. The zero-order valence-corrected chi connectivity index (χ0v) is 9.97. The van der Waals surface area contributed by atoms with Gasteiger partial charge in [0.1, 0.15) is 6.61 Å². The molecule has 2 saturated carbocycles. The minimum Gasteiger partial charge on any atom is -0.368 e. The molecule has 2 N–H and O–H groups in total. The van der Waals surface area contributed by atoms with Crippen molar-refractivity contribution in [1.29, 1.82) is 0 Å². The van der Waals surface area contributed by atoms with Gasteiger partial charge < -0.3 is 15.0 Å². The minimum absolute atomic E-state index is 0.311. The summed E-state index contributed by atoms with van der Waals surface area (Å²) < 4.78 is 10.9. The van der Waals surface area contributed by atoms with Crippen molar-refractivity contribution in [1.82, 2.24) is 10.1 Å². The maximum atomic E-state index is 5.85. The Morgan fingerprint density at radius 1 is 1.18 bits per heavy atom. The third-order valence-electron chi connectivity index (χ3n) is 3.59. The maximum Gasteiger partial charge on any atom is 0.252 e. The summed E-state index contributed by atoms with van der Waals surface area (Å²) in [5.41, 5.74) is 5.85. The molecule has 0 amide bonds. The molecule has 5 nitrogen and oxygen atoms in total. The first-order chi connectivity index (χ1) is 8.31. The van der Waals surface area contributed by atoms with E-state index in [1.54, 1.807) is 0 Å². The van der Waals surface area contributed by atoms with E-state index in [9.17, 15) is 0 Å². The smallest absolute Gasteiger partial charge is 0.252 e. The van der Waals surface area contributed by atoms with Crippen molar-refractivity contribution in [2.24, 2.45) is 5.73 Å². The van der Waals surface area contributed by atoms with Crippen LogP contribution in [0.5, 0.6) is 0 Å². The Kier molecular flexibility index (Phi) is 3.11. The van der Waals surface area contributed by atoms with Crippen LogP contribution in [0.15, 0.2) is 4.52 Å². The highest BCUT2D eigenvalue weighted by Gasteiger charge is 2.29. The second-order valence-corrected chi connectivity index (χ2v) is 5.17. The van der Waals surface area contributed by atoms with E-state index in [-0.39, 0.29) is 0 Å². The molecule has 3 rings (SSSR count). The Balaban J connectivity index is 1.46. The number of hydrogen-bond acceptors (Lipinski definition) is 5. The van der Waals surface area contributed by atoms with Crippen LogP contribution in [0.25, 0.3) is 0 Å². The Morgan fingerprint density at radius 2 is 1.94 bits per heavy atom. The second kappa shape index (κ2) is 4.74. The van der Waals surface area contributed by atoms with Crippen molar-refractivity contribution in [3.8, 4) is 0 Å². The number of aromatic nitrogens is 2. The van der Waals surface area contributed by atoms with Crippen LogP contribution < -0.4 is 5.73 Å². The highest BCUT2D eigenvalue weighted by Crippen LogP contribution is 2.38. The van der Waals surface area contributed by atoms with Crippen LogP contribution in [0.3, 0.4) is 0 Å². The van der Waals surface area contributed by atoms with Crippen molar-refractivity contribution in [3.63, 3.8) is 0 Å². The fourth-order valence-electron chi connectivity index (χ4n) is 2.28. The van der Waals surface area contributed by atoms with Gasteiger partial charge in [0.15, 0.2) is 5.82 Å². The van der Waals surface area contributed by atoms with E-state index >= 15 is 0 Å². The molecular weight excluding hydrogens is 218 g/mol. The largest absolute Gasteiger partial charge is 0.368 e. The molecule has 5 heteroatoms.